The molecule has 172 valence electrons. The van der Waals surface area contributed by atoms with Gasteiger partial charge in [-0.1, -0.05) is 12.1 Å². The highest BCUT2D eigenvalue weighted by Gasteiger charge is 2.13. The molecule has 0 bridgehead atoms. The highest BCUT2D eigenvalue weighted by molar-refractivity contribution is 7.92. The molecule has 0 aliphatic rings. The monoisotopic (exact) mass is 469 g/mol. The van der Waals surface area contributed by atoms with Gasteiger partial charge in [-0.2, -0.15) is 5.10 Å². The van der Waals surface area contributed by atoms with Gasteiger partial charge in [-0.15, -0.1) is 0 Å². The molecule has 1 amide bonds. The van der Waals surface area contributed by atoms with Crippen LogP contribution in [0.1, 0.15) is 33.4 Å². The quantitative estimate of drug-likeness (QED) is 0.307. The Kier molecular flexibility index (Phi) is 7.29. The lowest BCUT2D eigenvalue weighted by Crippen LogP contribution is -2.25. The van der Waals surface area contributed by atoms with E-state index in [-0.39, 0.29) is 5.97 Å². The third kappa shape index (κ3) is 6.07. The van der Waals surface area contributed by atoms with Gasteiger partial charge in [-0.3, -0.25) is 9.10 Å². The van der Waals surface area contributed by atoms with Gasteiger partial charge in [0.2, 0.25) is 10.0 Å². The molecular weight excluding hydrogens is 446 g/mol. The van der Waals surface area contributed by atoms with Crippen molar-refractivity contribution in [1.82, 2.24) is 5.43 Å². The lowest BCUT2D eigenvalue weighted by Gasteiger charge is -2.16. The van der Waals surface area contributed by atoms with E-state index >= 15 is 0 Å². The summed E-state index contributed by atoms with van der Waals surface area (Å²) in [6.07, 6.45) is 2.46. The summed E-state index contributed by atoms with van der Waals surface area (Å²) in [5.74, 6) is 0.152. The first-order valence-electron chi connectivity index (χ1n) is 9.94. The number of carbonyl (C=O) groups excluding carboxylic acids is 2. The first-order valence-corrected chi connectivity index (χ1v) is 11.8. The number of hydrogen-bond acceptors (Lipinski definition) is 7. The Balaban J connectivity index is 1.60. The maximum atomic E-state index is 12.2. The van der Waals surface area contributed by atoms with Crippen LogP contribution in [-0.2, 0) is 14.8 Å². The number of esters is 1. The van der Waals surface area contributed by atoms with E-state index in [0.717, 1.165) is 16.1 Å². The zero-order chi connectivity index (χ0) is 24.0. The molecule has 33 heavy (non-hydrogen) atoms. The molecule has 0 atom stereocenters. The van der Waals surface area contributed by atoms with Crippen molar-refractivity contribution in [3.05, 3.63) is 77.6 Å². The normalized spacial score (nSPS) is 11.4. The second-order valence-corrected chi connectivity index (χ2v) is 8.99. The maximum absolute atomic E-state index is 12.2. The van der Waals surface area contributed by atoms with Crippen molar-refractivity contribution in [2.75, 3.05) is 24.2 Å². The molecule has 0 saturated heterocycles. The van der Waals surface area contributed by atoms with Gasteiger partial charge in [0.15, 0.2) is 0 Å². The zero-order valence-electron chi connectivity index (χ0n) is 18.3. The van der Waals surface area contributed by atoms with E-state index in [1.807, 2.05) is 0 Å². The molecule has 1 N–H and O–H groups in total. The summed E-state index contributed by atoms with van der Waals surface area (Å²) in [4.78, 5) is 24.0. The van der Waals surface area contributed by atoms with E-state index in [9.17, 15) is 18.0 Å². The topological polar surface area (TPSA) is 118 Å². The summed E-state index contributed by atoms with van der Waals surface area (Å²) >= 11 is 0. The second-order valence-electron chi connectivity index (χ2n) is 6.98. The van der Waals surface area contributed by atoms with Crippen molar-refractivity contribution >= 4 is 33.8 Å². The summed E-state index contributed by atoms with van der Waals surface area (Å²) < 4.78 is 34.9. The number of amides is 1. The van der Waals surface area contributed by atoms with Crippen molar-refractivity contribution in [3.8, 4) is 11.3 Å². The molecule has 1 heterocycles. The molecular formula is C23H23N3O6S. The van der Waals surface area contributed by atoms with E-state index in [4.69, 9.17) is 9.15 Å². The number of nitrogens with zero attached hydrogens (tertiary/aromatic N) is 2. The standard InChI is InChI=1S/C23H23N3O6S/c1-4-31-23(28)18-7-5-16(6-8-18)21-14-13-20(32-21)15-24-25-22(27)17-9-11-19(12-10-17)26(2)33(3,29)30/h5-15H,4H2,1-3H3,(H,25,27)/b24-15-. The minimum atomic E-state index is -3.38. The summed E-state index contributed by atoms with van der Waals surface area (Å²) in [6, 6.07) is 16.3. The van der Waals surface area contributed by atoms with E-state index in [2.05, 4.69) is 10.5 Å². The number of ether oxygens (including phenoxy) is 1. The first-order chi connectivity index (χ1) is 15.7. The number of hydrogen-bond donors (Lipinski definition) is 1. The van der Waals surface area contributed by atoms with Gasteiger partial charge in [0.1, 0.15) is 11.5 Å². The number of rotatable bonds is 8. The van der Waals surface area contributed by atoms with Crippen molar-refractivity contribution in [2.24, 2.45) is 5.10 Å². The number of nitrogens with one attached hydrogen (secondary N) is 1. The molecule has 3 rings (SSSR count). The van der Waals surface area contributed by atoms with Gasteiger partial charge in [-0.05, 0) is 55.5 Å². The Morgan fingerprint density at radius 3 is 2.27 bits per heavy atom. The van der Waals surface area contributed by atoms with Crippen LogP contribution >= 0.6 is 0 Å². The average Bonchev–Trinajstić information content (AvgIpc) is 3.27. The molecule has 0 unspecified atom stereocenters. The lowest BCUT2D eigenvalue weighted by molar-refractivity contribution is 0.0526. The van der Waals surface area contributed by atoms with E-state index < -0.39 is 15.9 Å². The molecule has 1 aromatic heterocycles. The van der Waals surface area contributed by atoms with Crippen LogP contribution in [0, 0.1) is 0 Å². The fraction of sp³-hybridized carbons (Fsp3) is 0.174. The molecule has 2 aromatic carbocycles. The van der Waals surface area contributed by atoms with Crippen LogP contribution < -0.4 is 9.73 Å². The van der Waals surface area contributed by atoms with E-state index in [1.54, 1.807) is 43.3 Å². The van der Waals surface area contributed by atoms with Crippen LogP contribution in [0.5, 0.6) is 0 Å². The van der Waals surface area contributed by atoms with Gasteiger partial charge in [0, 0.05) is 18.2 Å². The molecule has 9 nitrogen and oxygen atoms in total. The Bertz CT molecular complexity index is 1260. The third-order valence-electron chi connectivity index (χ3n) is 4.66. The number of sulfonamides is 1. The van der Waals surface area contributed by atoms with Gasteiger partial charge in [0.05, 0.1) is 30.3 Å². The van der Waals surface area contributed by atoms with Gasteiger partial charge < -0.3 is 9.15 Å². The Morgan fingerprint density at radius 2 is 1.67 bits per heavy atom. The minimum absolute atomic E-state index is 0.309. The van der Waals surface area contributed by atoms with Gasteiger partial charge in [-0.25, -0.2) is 18.6 Å². The summed E-state index contributed by atoms with van der Waals surface area (Å²) in [6.45, 7) is 2.06. The molecule has 3 aromatic rings. The molecule has 10 heteroatoms. The Hall–Kier alpha value is -3.92. The molecule has 0 radical (unpaired) electrons. The third-order valence-corrected chi connectivity index (χ3v) is 5.86. The smallest absolute Gasteiger partial charge is 0.338 e. The zero-order valence-corrected chi connectivity index (χ0v) is 19.1. The SMILES string of the molecule is CCOC(=O)c1ccc(-c2ccc(/C=N\NC(=O)c3ccc(N(C)S(C)(=O)=O)cc3)o2)cc1. The van der Waals surface area contributed by atoms with Crippen LogP contribution in [0.2, 0.25) is 0 Å². The fourth-order valence-electron chi connectivity index (χ4n) is 2.80. The van der Waals surface area contributed by atoms with Gasteiger partial charge >= 0.3 is 5.97 Å². The Labute approximate surface area is 191 Å². The second kappa shape index (κ2) is 10.1. The van der Waals surface area contributed by atoms with Crippen LogP contribution in [-0.4, -0.2) is 46.4 Å². The van der Waals surface area contributed by atoms with Crippen LogP contribution in [0.25, 0.3) is 11.3 Å². The largest absolute Gasteiger partial charge is 0.462 e. The minimum Gasteiger partial charge on any atom is -0.462 e. The number of anilines is 1. The molecule has 0 fully saturated rings. The highest BCUT2D eigenvalue weighted by Crippen LogP contribution is 2.22. The predicted molar refractivity (Wildman–Crippen MR) is 125 cm³/mol. The number of carbonyl (C=O) groups is 2. The molecule has 0 spiro atoms. The number of hydrazone groups is 1. The molecule has 0 aliphatic carbocycles. The van der Waals surface area contributed by atoms with Crippen LogP contribution in [0.4, 0.5) is 5.69 Å². The van der Waals surface area contributed by atoms with Crippen molar-refractivity contribution in [2.45, 2.75) is 6.92 Å². The fourth-order valence-corrected chi connectivity index (χ4v) is 3.30. The molecule has 0 saturated carbocycles. The van der Waals surface area contributed by atoms with Crippen molar-refractivity contribution in [3.63, 3.8) is 0 Å². The first kappa shape index (κ1) is 23.7. The van der Waals surface area contributed by atoms with Crippen molar-refractivity contribution < 1.29 is 27.2 Å². The lowest BCUT2D eigenvalue weighted by atomic mass is 10.1. The van der Waals surface area contributed by atoms with Crippen LogP contribution in [0.3, 0.4) is 0 Å². The molecule has 0 aliphatic heterocycles. The van der Waals surface area contributed by atoms with Crippen LogP contribution in [0.15, 0.2) is 70.2 Å². The van der Waals surface area contributed by atoms with E-state index in [1.165, 1.54) is 37.5 Å². The summed E-state index contributed by atoms with van der Waals surface area (Å²) in [5.41, 5.74) is 4.38. The summed E-state index contributed by atoms with van der Waals surface area (Å²) in [7, 11) is -1.95. The average molecular weight is 470 g/mol. The Morgan fingerprint density at radius 1 is 1.03 bits per heavy atom. The maximum Gasteiger partial charge on any atom is 0.338 e. The van der Waals surface area contributed by atoms with E-state index in [0.29, 0.717) is 34.9 Å². The highest BCUT2D eigenvalue weighted by atomic mass is 32.2. The number of furan rings is 1. The number of benzene rings is 2. The predicted octanol–water partition coefficient (Wildman–Crippen LogP) is 3.28. The summed E-state index contributed by atoms with van der Waals surface area (Å²) in [5, 5.41) is 3.89. The van der Waals surface area contributed by atoms with Crippen molar-refractivity contribution in [1.29, 1.82) is 0 Å². The van der Waals surface area contributed by atoms with Gasteiger partial charge in [0.25, 0.3) is 5.91 Å².